The first-order chi connectivity index (χ1) is 19.2. The van der Waals surface area contributed by atoms with Gasteiger partial charge in [0.2, 0.25) is 5.91 Å². The van der Waals surface area contributed by atoms with Crippen LogP contribution >= 0.6 is 0 Å². The number of anilines is 1. The zero-order chi connectivity index (χ0) is 28.3. The first-order valence-corrected chi connectivity index (χ1v) is 15.0. The molecule has 12 heteroatoms. The van der Waals surface area contributed by atoms with E-state index in [0.717, 1.165) is 54.0 Å². The van der Waals surface area contributed by atoms with Crippen LogP contribution in [0.3, 0.4) is 0 Å². The van der Waals surface area contributed by atoms with Crippen LogP contribution in [0.25, 0.3) is 0 Å². The fourth-order valence-electron chi connectivity index (χ4n) is 5.63. The van der Waals surface area contributed by atoms with E-state index in [2.05, 4.69) is 15.9 Å². The summed E-state index contributed by atoms with van der Waals surface area (Å²) in [6, 6.07) is 11.6. The van der Waals surface area contributed by atoms with Gasteiger partial charge in [0, 0.05) is 56.4 Å². The summed E-state index contributed by atoms with van der Waals surface area (Å²) in [4.78, 5) is 27.1. The maximum Gasteiger partial charge on any atom is 0.409 e. The number of hydrogen-bond acceptors (Lipinski definition) is 6. The topological polar surface area (TPSA) is 114 Å². The number of amides is 2. The van der Waals surface area contributed by atoms with Gasteiger partial charge in [0.15, 0.2) is 0 Å². The van der Waals surface area contributed by atoms with Crippen molar-refractivity contribution in [2.24, 2.45) is 7.05 Å². The first kappa shape index (κ1) is 31.1. The van der Waals surface area contributed by atoms with Crippen molar-refractivity contribution in [2.75, 3.05) is 24.4 Å². The fourth-order valence-corrected chi connectivity index (χ4v) is 6.79. The fraction of sp³-hybridized carbons (Fsp3) is 0.414. The van der Waals surface area contributed by atoms with Crippen LogP contribution < -0.4 is 9.03 Å². The molecule has 0 saturated heterocycles. The summed E-state index contributed by atoms with van der Waals surface area (Å²) in [7, 11) is -1.07. The maximum atomic E-state index is 13.5. The Kier molecular flexibility index (Phi) is 10.2. The van der Waals surface area contributed by atoms with E-state index in [9.17, 15) is 18.0 Å². The van der Waals surface area contributed by atoms with Gasteiger partial charge >= 0.3 is 16.3 Å². The van der Waals surface area contributed by atoms with Crippen LogP contribution in [0.15, 0.2) is 48.8 Å². The van der Waals surface area contributed by atoms with Crippen molar-refractivity contribution < 1.29 is 22.7 Å². The number of hydrogen-bond donors (Lipinski definition) is 1. The van der Waals surface area contributed by atoms with Crippen molar-refractivity contribution in [3.63, 3.8) is 0 Å². The third-order valence-electron chi connectivity index (χ3n) is 7.60. The van der Waals surface area contributed by atoms with Crippen molar-refractivity contribution in [3.8, 4) is 0 Å². The summed E-state index contributed by atoms with van der Waals surface area (Å²) >= 11 is 0. The summed E-state index contributed by atoms with van der Waals surface area (Å²) in [6.45, 7) is 0.0519. The second-order valence-electron chi connectivity index (χ2n) is 10.5. The molecule has 0 aliphatic heterocycles. The summed E-state index contributed by atoms with van der Waals surface area (Å²) < 4.78 is 37.2. The maximum absolute atomic E-state index is 13.5. The van der Waals surface area contributed by atoms with E-state index in [4.69, 9.17) is 4.74 Å². The summed E-state index contributed by atoms with van der Waals surface area (Å²) in [5.74, 6) is -0.570. The molecule has 0 spiro atoms. The molecular weight excluding hydrogens is 553 g/mol. The largest absolute Gasteiger partial charge is 0.445 e. The number of nitrogens with one attached hydrogen (secondary N) is 1. The number of carbonyl (C=O) groups is 2. The third kappa shape index (κ3) is 7.32. The van der Waals surface area contributed by atoms with Gasteiger partial charge in [-0.1, -0.05) is 36.4 Å². The Balaban J connectivity index is 0.00000387. The van der Waals surface area contributed by atoms with Gasteiger partial charge in [0.25, 0.3) is 0 Å². The molecule has 1 radical (unpaired) electrons. The third-order valence-corrected chi connectivity index (χ3v) is 9.06. The average Bonchev–Trinajstić information content (AvgIpc) is 3.68. The Morgan fingerprint density at radius 1 is 1.02 bits per heavy atom. The van der Waals surface area contributed by atoms with Crippen LogP contribution in [0.1, 0.15) is 46.2 Å². The monoisotopic (exact) mass is 588 g/mol. The van der Waals surface area contributed by atoms with E-state index >= 15 is 0 Å². The molecule has 1 N–H and O–H groups in total. The molecule has 3 aromatic rings. The number of nitrogens with zero attached hydrogens (tertiary/aromatic N) is 4. The zero-order valence-corrected chi connectivity index (χ0v) is 26.7. The van der Waals surface area contributed by atoms with Crippen molar-refractivity contribution in [2.45, 2.75) is 51.6 Å². The molecule has 2 amide bonds. The molecule has 0 unspecified atom stereocenters. The van der Waals surface area contributed by atoms with Crippen LogP contribution in [-0.2, 0) is 65.5 Å². The number of rotatable bonds is 10. The number of ether oxygens (including phenoxy) is 1. The van der Waals surface area contributed by atoms with Crippen molar-refractivity contribution in [3.05, 3.63) is 82.2 Å². The Labute approximate surface area is 263 Å². The molecule has 0 fully saturated rings. The number of likely N-dealkylation sites (N-methyl/N-ethyl adjacent to an activating group) is 1. The molecule has 10 nitrogen and oxygen atoms in total. The quantitative estimate of drug-likeness (QED) is 0.365. The van der Waals surface area contributed by atoms with Crippen LogP contribution in [0.2, 0.25) is 0 Å². The van der Waals surface area contributed by atoms with Gasteiger partial charge in [-0.2, -0.15) is 13.5 Å². The van der Waals surface area contributed by atoms with E-state index in [1.165, 1.54) is 45.1 Å². The van der Waals surface area contributed by atoms with Crippen LogP contribution in [-0.4, -0.2) is 84.8 Å². The molecule has 0 saturated carbocycles. The van der Waals surface area contributed by atoms with Gasteiger partial charge in [0.1, 0.15) is 6.61 Å². The molecule has 2 aliphatic carbocycles. The Hall–Kier alpha value is -2.86. The Morgan fingerprint density at radius 3 is 2.29 bits per heavy atom. The van der Waals surface area contributed by atoms with Gasteiger partial charge in [-0.25, -0.2) is 13.8 Å². The van der Waals surface area contributed by atoms with Crippen molar-refractivity contribution >= 4 is 57.5 Å². The number of carbonyl (C=O) groups excluding carboxylic acids is 2. The normalized spacial score (nSPS) is 13.6. The predicted molar refractivity (Wildman–Crippen MR) is 157 cm³/mol. The molecule has 2 aromatic carbocycles. The van der Waals surface area contributed by atoms with Crippen LogP contribution in [0, 0.1) is 0 Å². The molecule has 0 atom stereocenters. The second-order valence-corrected chi connectivity index (χ2v) is 12.0. The van der Waals surface area contributed by atoms with Gasteiger partial charge < -0.3 is 9.64 Å². The molecule has 41 heavy (non-hydrogen) atoms. The molecule has 213 valence electrons. The molecule has 0 bridgehead atoms. The summed E-state index contributed by atoms with van der Waals surface area (Å²) in [5, 5.41) is 4.09. The molecular formula is C29H35N5NaO5S. The molecule has 1 heterocycles. The predicted octanol–water partition coefficient (Wildman–Crippen LogP) is 2.70. The smallest absolute Gasteiger partial charge is 0.409 e. The van der Waals surface area contributed by atoms with E-state index < -0.39 is 22.2 Å². The second kappa shape index (κ2) is 13.4. The molecule has 1 aromatic heterocycles. The number of aromatic nitrogens is 2. The van der Waals surface area contributed by atoms with Crippen molar-refractivity contribution in [1.82, 2.24) is 19.4 Å². The first-order valence-electron chi connectivity index (χ1n) is 13.6. The summed E-state index contributed by atoms with van der Waals surface area (Å²) in [5.41, 5.74) is 7.16. The van der Waals surface area contributed by atoms with Crippen LogP contribution in [0.5, 0.6) is 0 Å². The number of benzene rings is 2. The van der Waals surface area contributed by atoms with E-state index in [0.29, 0.717) is 0 Å². The average molecular weight is 589 g/mol. The minimum Gasteiger partial charge on any atom is -0.445 e. The zero-order valence-electron chi connectivity index (χ0n) is 23.9. The van der Waals surface area contributed by atoms with E-state index in [1.54, 1.807) is 13.2 Å². The van der Waals surface area contributed by atoms with Gasteiger partial charge in [-0.3, -0.25) is 9.48 Å². The minimum absolute atomic E-state index is 0. The van der Waals surface area contributed by atoms with Gasteiger partial charge in [-0.05, 0) is 71.9 Å². The van der Waals surface area contributed by atoms with Gasteiger partial charge in [-0.15, -0.1) is 0 Å². The SMILES string of the molecule is CN(CCN(c1cnn(C)c1)S(=O)(=O)NC(=O)Cc1c2c(cc3c1CCC3)CCC2)C(=O)OCc1ccccc1.[Na]. The van der Waals surface area contributed by atoms with E-state index in [-0.39, 0.29) is 61.4 Å². The van der Waals surface area contributed by atoms with E-state index in [1.807, 2.05) is 30.3 Å². The number of fused-ring (bicyclic) bond motifs is 2. The van der Waals surface area contributed by atoms with Crippen molar-refractivity contribution in [1.29, 1.82) is 0 Å². The van der Waals surface area contributed by atoms with Crippen LogP contribution in [0.4, 0.5) is 10.5 Å². The summed E-state index contributed by atoms with van der Waals surface area (Å²) in [6.07, 6.45) is 8.38. The molecule has 5 rings (SSSR count). The Morgan fingerprint density at radius 2 is 1.68 bits per heavy atom. The Bertz CT molecular complexity index is 1480. The number of aryl methyl sites for hydroxylation is 3. The molecule has 2 aliphatic rings. The minimum atomic E-state index is -4.28. The van der Waals surface area contributed by atoms with Gasteiger partial charge in [0.05, 0.1) is 24.8 Å². The standard InChI is InChI=1S/C29H35N5O5S.Na/c1-32(29(36)39-20-21-8-4-3-5-9-21)14-15-34(24-18-30-33(2)19-24)40(37,38)31-28(35)17-27-25-12-6-10-22(25)16-23-11-7-13-26(23)27;/h3-5,8-9,16,18-19H,6-7,10-15,17,20H2,1-2H3,(H,31,35);.